The molecule has 0 bridgehead atoms. The molecule has 1 unspecified atom stereocenters. The number of aryl methyl sites for hydroxylation is 2. The van der Waals surface area contributed by atoms with Gasteiger partial charge in [-0.1, -0.05) is 36.7 Å². The van der Waals surface area contributed by atoms with Crippen molar-refractivity contribution in [3.8, 4) is 0 Å². The van der Waals surface area contributed by atoms with E-state index >= 15 is 0 Å². The zero-order chi connectivity index (χ0) is 22.3. The lowest BCUT2D eigenvalue weighted by Gasteiger charge is -2.30. The third-order valence-corrected chi connectivity index (χ3v) is 7.26. The molecule has 2 aromatic carbocycles. The van der Waals surface area contributed by atoms with E-state index in [1.54, 1.807) is 17.8 Å². The number of nitrogens with zero attached hydrogens (tertiary/aromatic N) is 1. The monoisotopic (exact) mass is 468 g/mol. The van der Waals surface area contributed by atoms with E-state index in [1.165, 1.54) is 9.87 Å². The van der Waals surface area contributed by atoms with Gasteiger partial charge in [-0.2, -0.15) is 11.8 Å². The fraction of sp³-hybridized carbons (Fsp3) is 0.409. The van der Waals surface area contributed by atoms with E-state index in [0.29, 0.717) is 23.7 Å². The molecule has 0 saturated heterocycles. The summed E-state index contributed by atoms with van der Waals surface area (Å²) in [6.45, 7) is 6.19. The van der Waals surface area contributed by atoms with Crippen LogP contribution in [0, 0.1) is 13.8 Å². The van der Waals surface area contributed by atoms with Gasteiger partial charge in [0.05, 0.1) is 11.9 Å². The summed E-state index contributed by atoms with van der Waals surface area (Å²) >= 11 is 7.59. The minimum absolute atomic E-state index is 0.284. The Morgan fingerprint density at radius 2 is 1.80 bits per heavy atom. The van der Waals surface area contributed by atoms with Gasteiger partial charge in [-0.05, 0) is 61.2 Å². The maximum absolute atomic E-state index is 12.8. The molecule has 0 radical (unpaired) electrons. The molecule has 0 aliphatic carbocycles. The Hall–Kier alpha value is -1.70. The molecule has 0 aliphatic heterocycles. The van der Waals surface area contributed by atoms with Gasteiger partial charge in [0.1, 0.15) is 6.04 Å². The third-order valence-electron chi connectivity index (χ3n) is 4.80. The smallest absolute Gasteiger partial charge is 0.243 e. The summed E-state index contributed by atoms with van der Waals surface area (Å²) in [4.78, 5) is 12.8. The van der Waals surface area contributed by atoms with Crippen LogP contribution in [0.2, 0.25) is 5.02 Å². The molecule has 0 saturated carbocycles. The van der Waals surface area contributed by atoms with Gasteiger partial charge in [0.15, 0.2) is 0 Å². The van der Waals surface area contributed by atoms with Crippen LogP contribution in [0.25, 0.3) is 0 Å². The number of benzene rings is 2. The normalized spacial score (nSPS) is 12.4. The van der Waals surface area contributed by atoms with Crippen molar-refractivity contribution in [1.82, 2.24) is 5.32 Å². The number of carbonyl (C=O) groups excluding carboxylic acids is 1. The number of anilines is 1. The highest BCUT2D eigenvalue weighted by Crippen LogP contribution is 2.25. The maximum Gasteiger partial charge on any atom is 0.243 e. The molecule has 1 amide bonds. The molecule has 8 heteroatoms. The Balaban J connectivity index is 1.99. The Morgan fingerprint density at radius 1 is 1.13 bits per heavy atom. The van der Waals surface area contributed by atoms with E-state index in [4.69, 9.17) is 11.6 Å². The molecular formula is C22H29ClN2O3S2. The lowest BCUT2D eigenvalue weighted by molar-refractivity contribution is -0.122. The quantitative estimate of drug-likeness (QED) is 0.519. The first-order valence-electron chi connectivity index (χ1n) is 9.80. The highest BCUT2D eigenvalue weighted by Gasteiger charge is 2.31. The Morgan fingerprint density at radius 3 is 2.37 bits per heavy atom. The van der Waals surface area contributed by atoms with Crippen molar-refractivity contribution in [2.45, 2.75) is 39.0 Å². The number of nitrogens with one attached hydrogen (secondary N) is 1. The lowest BCUT2D eigenvalue weighted by Crippen LogP contribution is -2.49. The fourth-order valence-corrected chi connectivity index (χ4v) is 5.21. The van der Waals surface area contributed by atoms with Gasteiger partial charge in [0.2, 0.25) is 15.9 Å². The molecule has 5 nitrogen and oxygen atoms in total. The second-order valence-corrected chi connectivity index (χ2v) is 10.6. The van der Waals surface area contributed by atoms with Crippen molar-refractivity contribution >= 4 is 45.0 Å². The molecule has 164 valence electrons. The van der Waals surface area contributed by atoms with Crippen LogP contribution in [0.15, 0.2) is 42.5 Å². The molecule has 1 N–H and O–H groups in total. The predicted octanol–water partition coefficient (Wildman–Crippen LogP) is 4.55. The van der Waals surface area contributed by atoms with Gasteiger partial charge < -0.3 is 5.32 Å². The summed E-state index contributed by atoms with van der Waals surface area (Å²) in [5.74, 6) is 1.27. The van der Waals surface area contributed by atoms with Crippen LogP contribution < -0.4 is 9.62 Å². The summed E-state index contributed by atoms with van der Waals surface area (Å²) in [6, 6.07) is 12.3. The standard InChI is InChI=1S/C22H29ClN2O3S2/c1-5-21(25(30(4,27)28)20-11-6-16(2)17(3)14-20)22(26)24-12-13-29-15-18-7-9-19(23)10-8-18/h6-11,14,21H,5,12-13,15H2,1-4H3,(H,24,26). The Bertz CT molecular complexity index is 963. The zero-order valence-electron chi connectivity index (χ0n) is 17.8. The fourth-order valence-electron chi connectivity index (χ4n) is 3.06. The first-order valence-corrected chi connectivity index (χ1v) is 13.2. The number of sulfonamides is 1. The third kappa shape index (κ3) is 6.93. The van der Waals surface area contributed by atoms with Crippen LogP contribution in [-0.2, 0) is 20.6 Å². The predicted molar refractivity (Wildman–Crippen MR) is 128 cm³/mol. The second kappa shape index (κ2) is 11.1. The first-order chi connectivity index (χ1) is 14.1. The van der Waals surface area contributed by atoms with Crippen LogP contribution in [0.1, 0.15) is 30.0 Å². The van der Waals surface area contributed by atoms with E-state index in [0.717, 1.165) is 28.9 Å². The first kappa shape index (κ1) is 24.6. The second-order valence-electron chi connectivity index (χ2n) is 7.22. The molecule has 1 atom stereocenters. The summed E-state index contributed by atoms with van der Waals surface area (Å²) in [5, 5.41) is 3.60. The number of hydrogen-bond acceptors (Lipinski definition) is 4. The summed E-state index contributed by atoms with van der Waals surface area (Å²) in [6.07, 6.45) is 1.52. The molecule has 0 aliphatic rings. The van der Waals surface area contributed by atoms with Gasteiger partial charge in [0, 0.05) is 23.1 Å². The van der Waals surface area contributed by atoms with Crippen molar-refractivity contribution in [2.75, 3.05) is 22.9 Å². The Kier molecular flexibility index (Phi) is 9.07. The van der Waals surface area contributed by atoms with Gasteiger partial charge in [0.25, 0.3) is 0 Å². The van der Waals surface area contributed by atoms with Crippen LogP contribution in [0.4, 0.5) is 5.69 Å². The molecule has 30 heavy (non-hydrogen) atoms. The summed E-state index contributed by atoms with van der Waals surface area (Å²) < 4.78 is 26.3. The number of thioether (sulfide) groups is 1. The molecule has 0 heterocycles. The summed E-state index contributed by atoms with van der Waals surface area (Å²) in [5.41, 5.74) is 3.73. The molecule has 2 aromatic rings. The lowest BCUT2D eigenvalue weighted by atomic mass is 10.1. The molecule has 0 aromatic heterocycles. The van der Waals surface area contributed by atoms with Crippen molar-refractivity contribution in [2.24, 2.45) is 0 Å². The number of carbonyl (C=O) groups is 1. The van der Waals surface area contributed by atoms with E-state index in [2.05, 4.69) is 5.32 Å². The largest absolute Gasteiger partial charge is 0.353 e. The summed E-state index contributed by atoms with van der Waals surface area (Å²) in [7, 11) is -3.62. The number of amides is 1. The SMILES string of the molecule is CCC(C(=O)NCCSCc1ccc(Cl)cc1)N(c1ccc(C)c(C)c1)S(C)(=O)=O. The highest BCUT2D eigenvalue weighted by atomic mass is 35.5. The van der Waals surface area contributed by atoms with E-state index in [9.17, 15) is 13.2 Å². The average Bonchev–Trinajstić information content (AvgIpc) is 2.68. The maximum atomic E-state index is 12.8. The minimum Gasteiger partial charge on any atom is -0.353 e. The van der Waals surface area contributed by atoms with Crippen molar-refractivity contribution < 1.29 is 13.2 Å². The molecule has 0 fully saturated rings. The van der Waals surface area contributed by atoms with Crippen molar-refractivity contribution in [3.63, 3.8) is 0 Å². The number of halogens is 1. The minimum atomic E-state index is -3.62. The molecule has 2 rings (SSSR count). The number of rotatable bonds is 10. The van der Waals surface area contributed by atoms with Crippen molar-refractivity contribution in [3.05, 3.63) is 64.2 Å². The van der Waals surface area contributed by atoms with Crippen molar-refractivity contribution in [1.29, 1.82) is 0 Å². The topological polar surface area (TPSA) is 66.5 Å². The molecule has 0 spiro atoms. The Labute approximate surface area is 189 Å². The number of hydrogen-bond donors (Lipinski definition) is 1. The van der Waals surface area contributed by atoms with E-state index in [1.807, 2.05) is 57.2 Å². The van der Waals surface area contributed by atoms with Gasteiger partial charge >= 0.3 is 0 Å². The van der Waals surface area contributed by atoms with Crippen LogP contribution in [-0.4, -0.2) is 38.9 Å². The highest BCUT2D eigenvalue weighted by molar-refractivity contribution is 7.98. The molecular weight excluding hydrogens is 440 g/mol. The van der Waals surface area contributed by atoms with Gasteiger partial charge in [-0.15, -0.1) is 0 Å². The van der Waals surface area contributed by atoms with Crippen LogP contribution in [0.5, 0.6) is 0 Å². The van der Waals surface area contributed by atoms with E-state index in [-0.39, 0.29) is 5.91 Å². The zero-order valence-corrected chi connectivity index (χ0v) is 20.2. The van der Waals surface area contributed by atoms with Gasteiger partial charge in [-0.3, -0.25) is 9.10 Å². The van der Waals surface area contributed by atoms with Crippen LogP contribution in [0.3, 0.4) is 0 Å². The van der Waals surface area contributed by atoms with Gasteiger partial charge in [-0.25, -0.2) is 8.42 Å². The van der Waals surface area contributed by atoms with E-state index < -0.39 is 16.1 Å². The van der Waals surface area contributed by atoms with Crippen LogP contribution >= 0.6 is 23.4 Å². The average molecular weight is 469 g/mol.